The van der Waals surface area contributed by atoms with Crippen LogP contribution in [0, 0.1) is 0 Å². The van der Waals surface area contributed by atoms with Crippen molar-refractivity contribution in [3.63, 3.8) is 0 Å². The number of piperidine rings is 1. The molecule has 5 rings (SSSR count). The number of carbonyl (C=O) groups is 9. The van der Waals surface area contributed by atoms with E-state index in [-0.39, 0.29) is 128 Å². The largest absolute Gasteiger partial charge is 0.508 e. The van der Waals surface area contributed by atoms with Crippen LogP contribution in [0.3, 0.4) is 0 Å². The van der Waals surface area contributed by atoms with Crippen LogP contribution >= 0.6 is 0 Å². The third-order valence-electron chi connectivity index (χ3n) is 14.8. The summed E-state index contributed by atoms with van der Waals surface area (Å²) in [5, 5.41) is 62.2. The average Bonchev–Trinajstić information content (AvgIpc) is 2.90. The third kappa shape index (κ3) is 26.9. The van der Waals surface area contributed by atoms with Gasteiger partial charge in [0, 0.05) is 123 Å². The Balaban J connectivity index is 1.09. The van der Waals surface area contributed by atoms with E-state index in [9.17, 15) is 63.6 Å². The van der Waals surface area contributed by atoms with Crippen molar-refractivity contribution in [2.75, 3.05) is 130 Å². The lowest BCUT2D eigenvalue weighted by Gasteiger charge is -2.38. The van der Waals surface area contributed by atoms with Crippen LogP contribution < -0.4 is 48.3 Å². The summed E-state index contributed by atoms with van der Waals surface area (Å²) < 4.78 is 0. The fourth-order valence-electron chi connectivity index (χ4n) is 10.0. The number of nitrogens with two attached hydrogens (primary N) is 1. The van der Waals surface area contributed by atoms with Crippen molar-refractivity contribution in [1.82, 2.24) is 61.7 Å². The molecule has 28 nitrogen and oxygen atoms in total. The highest BCUT2D eigenvalue weighted by Gasteiger charge is 2.30. The number of likely N-dealkylation sites (tertiary alicyclic amines) is 1. The van der Waals surface area contributed by atoms with Gasteiger partial charge in [-0.3, -0.25) is 63.4 Å². The summed E-state index contributed by atoms with van der Waals surface area (Å²) in [5.41, 5.74) is 8.85. The van der Waals surface area contributed by atoms with Crippen molar-refractivity contribution < 1.29 is 63.6 Å². The van der Waals surface area contributed by atoms with Crippen LogP contribution in [0.1, 0.15) is 68.1 Å². The van der Waals surface area contributed by atoms with Crippen molar-refractivity contribution in [3.8, 4) is 5.75 Å². The number of urea groups is 1. The van der Waals surface area contributed by atoms with Crippen molar-refractivity contribution in [2.45, 2.75) is 76.2 Å². The zero-order valence-electron chi connectivity index (χ0n) is 49.5. The number of rotatable bonds is 32. The van der Waals surface area contributed by atoms with Gasteiger partial charge < -0.3 is 68.2 Å². The molecule has 1 unspecified atom stereocenters. The fourth-order valence-corrected chi connectivity index (χ4v) is 10.0. The Hall–Kier alpha value is -8.28. The van der Waals surface area contributed by atoms with Gasteiger partial charge in [-0.2, -0.15) is 4.99 Å². The first-order chi connectivity index (χ1) is 41.9. The Kier molecular flexibility index (Phi) is 30.4. The summed E-state index contributed by atoms with van der Waals surface area (Å²) in [7, 11) is 0. The standard InChI is InChI=1S/C59H87N15O13/c1-2-50(77)63-24-25-65-59(87)69-58(60)64-21-6-10-48(56(85)66-36-42-11-17-47(76)18-12-42)68-57(86)55(43-8-4-3-5-9-43)44-13-15-45(16-14-44)61-22-7-23-62-51(78)37-70-26-19-46(20-27-70)67-49(41-75)74-34-32-72(39-53(81)82)30-28-71(38-52(79)80)29-31-73(33-35-74)40-54(83)84/h3-5,8-9,11-18,41,46,48-49,55,61,67,76H,2,6-7,10,19-40H2,1H3,(H,62,78)(H,63,77)(H,66,85)(H,68,86)(H,79,80)(H,81,82)(H,83,84)(H4,60,64,65,69,87)/t48-,49?,55+/m1/s1. The number of anilines is 1. The van der Waals surface area contributed by atoms with Gasteiger partial charge in [0.15, 0.2) is 12.2 Å². The van der Waals surface area contributed by atoms with Crippen LogP contribution in [0.5, 0.6) is 5.75 Å². The molecule has 2 aliphatic heterocycles. The number of amides is 6. The highest BCUT2D eigenvalue weighted by atomic mass is 16.4. The number of carboxylic acids is 3. The van der Waals surface area contributed by atoms with Crippen molar-refractivity contribution in [3.05, 3.63) is 95.6 Å². The van der Waals surface area contributed by atoms with Gasteiger partial charge in [0.1, 0.15) is 18.0 Å². The first-order valence-corrected chi connectivity index (χ1v) is 29.5. The number of nitrogens with zero attached hydrogens (tertiary/aromatic N) is 6. The predicted octanol–water partition coefficient (Wildman–Crippen LogP) is -0.782. The monoisotopic (exact) mass is 1210 g/mol. The van der Waals surface area contributed by atoms with Gasteiger partial charge in [-0.25, -0.2) is 4.79 Å². The quantitative estimate of drug-likeness (QED) is 0.0158. The minimum absolute atomic E-state index is 0.0616. The molecule has 14 N–H and O–H groups in total. The average molecular weight is 1210 g/mol. The highest BCUT2D eigenvalue weighted by molar-refractivity contribution is 5.93. The second-order valence-corrected chi connectivity index (χ2v) is 21.4. The van der Waals surface area contributed by atoms with Crippen molar-refractivity contribution in [2.24, 2.45) is 10.7 Å². The number of aromatic hydroxyl groups is 1. The number of carboxylic acid groups (broad SMARTS) is 3. The summed E-state index contributed by atoms with van der Waals surface area (Å²) in [5.74, 6) is -5.10. The number of hydrogen-bond acceptors (Lipinski definition) is 17. The third-order valence-corrected chi connectivity index (χ3v) is 14.8. The number of phenolic OH excluding ortho intramolecular Hbond substituents is 1. The van der Waals surface area contributed by atoms with Gasteiger partial charge in [0.25, 0.3) is 0 Å². The highest BCUT2D eigenvalue weighted by Crippen LogP contribution is 2.27. The van der Waals surface area contributed by atoms with Crippen molar-refractivity contribution >= 4 is 65.5 Å². The Morgan fingerprint density at radius 3 is 1.71 bits per heavy atom. The van der Waals surface area contributed by atoms with Gasteiger partial charge in [-0.15, -0.1) is 0 Å². The molecule has 3 atom stereocenters. The first kappa shape index (κ1) is 69.5. The summed E-state index contributed by atoms with van der Waals surface area (Å²) in [6, 6.07) is 21.2. The molecule has 476 valence electrons. The lowest BCUT2D eigenvalue weighted by atomic mass is 9.90. The van der Waals surface area contributed by atoms with E-state index in [1.807, 2.05) is 59.5 Å². The van der Waals surface area contributed by atoms with Crippen LogP contribution in [-0.2, 0) is 44.9 Å². The van der Waals surface area contributed by atoms with E-state index in [4.69, 9.17) is 5.73 Å². The second-order valence-electron chi connectivity index (χ2n) is 21.4. The van der Waals surface area contributed by atoms with E-state index in [0.29, 0.717) is 82.5 Å². The zero-order valence-corrected chi connectivity index (χ0v) is 49.5. The number of guanidine groups is 1. The van der Waals surface area contributed by atoms with Crippen LogP contribution in [0.2, 0.25) is 0 Å². The second kappa shape index (κ2) is 38.0. The van der Waals surface area contributed by atoms with E-state index in [1.54, 1.807) is 33.8 Å². The molecule has 2 aliphatic rings. The van der Waals surface area contributed by atoms with Crippen molar-refractivity contribution in [1.29, 1.82) is 0 Å². The van der Waals surface area contributed by atoms with Gasteiger partial charge in [0.05, 0.1) is 32.1 Å². The molecule has 0 saturated carbocycles. The van der Waals surface area contributed by atoms with Gasteiger partial charge >= 0.3 is 23.9 Å². The molecule has 2 saturated heterocycles. The van der Waals surface area contributed by atoms with Crippen LogP contribution in [0.4, 0.5) is 10.5 Å². The van der Waals surface area contributed by atoms with Gasteiger partial charge in [0.2, 0.25) is 23.6 Å². The number of carbonyl (C=O) groups excluding carboxylic acids is 6. The normalized spacial score (nSPS) is 16.5. The Morgan fingerprint density at radius 1 is 0.598 bits per heavy atom. The smallest absolute Gasteiger partial charge is 0.344 e. The molecule has 87 heavy (non-hydrogen) atoms. The molecular formula is C59H87N15O13. The van der Waals surface area contributed by atoms with Crippen LogP contribution in [0.25, 0.3) is 0 Å². The molecule has 0 bridgehead atoms. The van der Waals surface area contributed by atoms with E-state index in [0.717, 1.165) is 17.5 Å². The molecule has 6 amide bonds. The van der Waals surface area contributed by atoms with E-state index in [1.165, 1.54) is 12.1 Å². The summed E-state index contributed by atoms with van der Waals surface area (Å²) in [6.07, 6.45) is 2.83. The molecule has 0 radical (unpaired) electrons. The molecule has 0 spiro atoms. The van der Waals surface area contributed by atoms with Crippen LogP contribution in [-0.4, -0.2) is 247 Å². The lowest BCUT2D eigenvalue weighted by molar-refractivity contribution is -0.140. The molecule has 0 aliphatic carbocycles. The molecule has 28 heteroatoms. The molecule has 3 aromatic rings. The number of aliphatic carboxylic acids is 3. The molecule has 2 heterocycles. The first-order valence-electron chi connectivity index (χ1n) is 29.5. The maximum absolute atomic E-state index is 14.4. The Labute approximate surface area is 507 Å². The summed E-state index contributed by atoms with van der Waals surface area (Å²) in [4.78, 5) is 125. The molecule has 3 aromatic carbocycles. The fraction of sp³-hybridized carbons (Fsp3) is 0.525. The molecule has 2 fully saturated rings. The SMILES string of the molecule is CCC(=O)NCCNC(=O)/N=C(/N)NCCC[C@@H](NC(=O)[C@@H](c1ccccc1)c1ccc(NCCCNC(=O)CN2CCC(NC(C=O)N3CCN(CC(=O)O)CCN(CC(=O)O)CCN(CC(=O)O)CC3)CC2)cc1)C(=O)NCc1ccc(O)cc1. The number of aldehydes is 1. The summed E-state index contributed by atoms with van der Waals surface area (Å²) in [6.45, 7) is 6.21. The zero-order chi connectivity index (χ0) is 62.9. The van der Waals surface area contributed by atoms with Gasteiger partial charge in [-0.05, 0) is 73.1 Å². The molecule has 0 aromatic heterocycles. The lowest BCUT2D eigenvalue weighted by Crippen LogP contribution is -2.57. The Bertz CT molecular complexity index is 2670. The molecular weight excluding hydrogens is 1130 g/mol. The minimum Gasteiger partial charge on any atom is -0.508 e. The number of aliphatic imine (C=N–C) groups is 1. The predicted molar refractivity (Wildman–Crippen MR) is 325 cm³/mol. The van der Waals surface area contributed by atoms with Crippen LogP contribution in [0.15, 0.2) is 83.9 Å². The topological polar surface area (TPSA) is 385 Å². The number of nitrogens with one attached hydrogen (secondary N) is 8. The summed E-state index contributed by atoms with van der Waals surface area (Å²) >= 11 is 0. The maximum Gasteiger partial charge on any atom is 0.344 e. The maximum atomic E-state index is 14.4. The van der Waals surface area contributed by atoms with E-state index in [2.05, 4.69) is 52.4 Å². The Morgan fingerprint density at radius 2 is 1.14 bits per heavy atom. The van der Waals surface area contributed by atoms with E-state index < -0.39 is 53.9 Å². The number of phenols is 1. The number of hydrogen-bond donors (Lipinski definition) is 13. The minimum atomic E-state index is -1.04. The van der Waals surface area contributed by atoms with Gasteiger partial charge in [-0.1, -0.05) is 61.5 Å². The number of benzene rings is 3. The van der Waals surface area contributed by atoms with E-state index >= 15 is 0 Å².